The second-order valence-corrected chi connectivity index (χ2v) is 15.1. The third-order valence-corrected chi connectivity index (χ3v) is 10.1. The summed E-state index contributed by atoms with van der Waals surface area (Å²) in [4.78, 5) is 14.1. The van der Waals surface area contributed by atoms with E-state index in [1.54, 1.807) is 0 Å². The van der Waals surface area contributed by atoms with Crippen LogP contribution in [0.5, 0.6) is 0 Å². The maximum atomic E-state index is 13.2. The van der Waals surface area contributed by atoms with Gasteiger partial charge in [0.1, 0.15) is 5.82 Å². The number of carbonyl (C=O) groups is 1. The normalized spacial score (nSPS) is 18.4. The zero-order valence-corrected chi connectivity index (χ0v) is 39.8. The third-order valence-electron chi connectivity index (χ3n) is 10.1. The summed E-state index contributed by atoms with van der Waals surface area (Å²) in [6.07, 6.45) is -24.7. The monoisotopic (exact) mass is 1080 g/mol. The number of alkyl halides is 12. The van der Waals surface area contributed by atoms with E-state index in [0.717, 1.165) is 5.56 Å². The predicted molar refractivity (Wildman–Crippen MR) is 221 cm³/mol. The molecular formula is C47H41BrF14MgN2O5. The first-order valence-electron chi connectivity index (χ1n) is 20.4. The van der Waals surface area contributed by atoms with E-state index in [-0.39, 0.29) is 95.4 Å². The molecule has 2 aliphatic heterocycles. The number of halogens is 15. The van der Waals surface area contributed by atoms with Gasteiger partial charge in [-0.1, -0.05) is 42.5 Å². The molecule has 5 aromatic rings. The summed E-state index contributed by atoms with van der Waals surface area (Å²) >= 11 is 0. The Labute approximate surface area is 419 Å². The minimum atomic E-state index is -4.97. The van der Waals surface area contributed by atoms with E-state index in [1.807, 2.05) is 30.3 Å². The fourth-order valence-corrected chi connectivity index (χ4v) is 6.64. The van der Waals surface area contributed by atoms with Gasteiger partial charge in [0.2, 0.25) is 6.29 Å². The molecule has 2 fully saturated rings. The number of nitrogens with zero attached hydrogens (tertiary/aromatic N) is 1. The number of nitrogens with one attached hydrogen (secondary N) is 1. The molecule has 1 N–H and O–H groups in total. The van der Waals surface area contributed by atoms with E-state index in [1.165, 1.54) is 67.3 Å². The Kier molecular flexibility index (Phi) is 22.1. The van der Waals surface area contributed by atoms with Crippen LogP contribution in [-0.2, 0) is 55.0 Å². The zero-order chi connectivity index (χ0) is 50.0. The van der Waals surface area contributed by atoms with Crippen molar-refractivity contribution in [2.24, 2.45) is 0 Å². The molecule has 23 heteroatoms. The summed E-state index contributed by atoms with van der Waals surface area (Å²) in [7, 11) is 0. The zero-order valence-electron chi connectivity index (χ0n) is 36.8. The number of amides is 1. The molecule has 4 unspecified atom stereocenters. The van der Waals surface area contributed by atoms with Gasteiger partial charge < -0.3 is 46.1 Å². The number of hydrogen-bond donors (Lipinski definition) is 1. The van der Waals surface area contributed by atoms with Crippen LogP contribution in [-0.4, -0.2) is 72.7 Å². The number of morpholine rings is 2. The molecule has 7 nitrogen and oxygen atoms in total. The second-order valence-electron chi connectivity index (χ2n) is 15.1. The van der Waals surface area contributed by atoms with E-state index < -0.39 is 89.5 Å². The Morgan fingerprint density at radius 3 is 1.54 bits per heavy atom. The average Bonchev–Trinajstić information content (AvgIpc) is 3.28. The van der Waals surface area contributed by atoms with Crippen molar-refractivity contribution in [1.29, 1.82) is 0 Å². The van der Waals surface area contributed by atoms with Crippen molar-refractivity contribution in [2.75, 3.05) is 26.3 Å². The van der Waals surface area contributed by atoms with Crippen LogP contribution in [0.3, 0.4) is 0 Å². The topological polar surface area (TPSA) is 69.3 Å². The largest absolute Gasteiger partial charge is 2.00 e. The minimum Gasteiger partial charge on any atom is -1.00 e. The van der Waals surface area contributed by atoms with Crippen LogP contribution in [0.2, 0.25) is 0 Å². The van der Waals surface area contributed by atoms with Gasteiger partial charge in [0.15, 0.2) is 6.29 Å². The van der Waals surface area contributed by atoms with Crippen molar-refractivity contribution in [3.63, 3.8) is 0 Å². The summed E-state index contributed by atoms with van der Waals surface area (Å²) < 4.78 is 204. The summed E-state index contributed by atoms with van der Waals surface area (Å²) in [6, 6.07) is 25.0. The van der Waals surface area contributed by atoms with E-state index in [9.17, 15) is 66.3 Å². The Bertz CT molecular complexity index is 2330. The molecule has 0 saturated carbocycles. The minimum absolute atomic E-state index is 0. The van der Waals surface area contributed by atoms with Gasteiger partial charge in [-0.2, -0.15) is 70.9 Å². The average molecular weight is 1080 g/mol. The molecule has 0 aliphatic carbocycles. The number of rotatable bonds is 9. The van der Waals surface area contributed by atoms with E-state index in [4.69, 9.17) is 18.9 Å². The van der Waals surface area contributed by atoms with Crippen LogP contribution in [0, 0.1) is 17.7 Å². The Balaban J connectivity index is 0.000000316. The first-order valence-corrected chi connectivity index (χ1v) is 20.4. The second kappa shape index (κ2) is 25.8. The quantitative estimate of drug-likeness (QED) is 0.0904. The number of hydrogen-bond acceptors (Lipinski definition) is 6. The summed E-state index contributed by atoms with van der Waals surface area (Å²) in [5.41, 5.74) is -4.92. The van der Waals surface area contributed by atoms with Crippen molar-refractivity contribution in [1.82, 2.24) is 10.2 Å². The summed E-state index contributed by atoms with van der Waals surface area (Å²) in [6.45, 7) is 3.95. The third kappa shape index (κ3) is 17.7. The molecule has 0 aromatic heterocycles. The van der Waals surface area contributed by atoms with E-state index >= 15 is 0 Å². The molecule has 0 bridgehead atoms. The summed E-state index contributed by atoms with van der Waals surface area (Å²) in [5, 5.41) is 3.10. The number of ether oxygens (including phenoxy) is 4. The molecule has 5 aromatic carbocycles. The fraction of sp³-hybridized carbons (Fsp3) is 0.340. The van der Waals surface area contributed by atoms with Crippen molar-refractivity contribution in [2.45, 2.75) is 75.9 Å². The number of carbonyl (C=O) groups excluding carboxylic acids is 1. The molecule has 0 spiro atoms. The molecule has 376 valence electrons. The van der Waals surface area contributed by atoms with Gasteiger partial charge in [-0.3, -0.25) is 4.79 Å². The molecule has 5 atom stereocenters. The van der Waals surface area contributed by atoms with Crippen molar-refractivity contribution < 1.29 is 102 Å². The maximum Gasteiger partial charge on any atom is 2.00 e. The molecule has 2 saturated heterocycles. The summed E-state index contributed by atoms with van der Waals surface area (Å²) in [5.74, 6) is -1.21. The molecule has 2 heterocycles. The molecule has 70 heavy (non-hydrogen) atoms. The molecule has 7 rings (SSSR count). The van der Waals surface area contributed by atoms with Crippen molar-refractivity contribution in [3.8, 4) is 0 Å². The molecule has 0 radical (unpaired) electrons. The Hall–Kier alpha value is -4.36. The molecule has 1 amide bonds. The van der Waals surface area contributed by atoms with Crippen LogP contribution >= 0.6 is 0 Å². The van der Waals surface area contributed by atoms with Crippen molar-refractivity contribution >= 4 is 29.0 Å². The van der Waals surface area contributed by atoms with Gasteiger partial charge in [0, 0.05) is 25.5 Å². The van der Waals surface area contributed by atoms with Gasteiger partial charge in [-0.15, -0.1) is 12.1 Å². The fourth-order valence-electron chi connectivity index (χ4n) is 6.64. The van der Waals surface area contributed by atoms with Gasteiger partial charge >= 0.3 is 47.8 Å². The SMILES string of the molecule is CC(OC1OCCN(Cc2ccccc2)C1=O)c1cc(C(F)(F)F)cc(C(F)(F)F)c1.CC(OC1OCCN[C@H]1c1ccc(F)cc1)c1cc(C(F)(F)F)cc(C(F)(F)F)c1.Fc1cc[c-]cc1.[Br-].[Mg+2]. The Morgan fingerprint density at radius 1 is 0.643 bits per heavy atom. The first kappa shape index (κ1) is 59.9. The van der Waals surface area contributed by atoms with Gasteiger partial charge in [-0.25, -0.2) is 8.78 Å². The van der Waals surface area contributed by atoms with E-state index in [0.29, 0.717) is 36.4 Å². The van der Waals surface area contributed by atoms with Crippen LogP contribution in [0.1, 0.15) is 76.6 Å². The van der Waals surface area contributed by atoms with Gasteiger partial charge in [0.25, 0.3) is 5.91 Å². The van der Waals surface area contributed by atoms with Gasteiger partial charge in [0.05, 0.1) is 53.7 Å². The van der Waals surface area contributed by atoms with Crippen LogP contribution in [0.15, 0.2) is 115 Å². The van der Waals surface area contributed by atoms with Crippen LogP contribution in [0.4, 0.5) is 61.5 Å². The van der Waals surface area contributed by atoms with Crippen LogP contribution in [0.25, 0.3) is 0 Å². The number of benzene rings is 5. The molecule has 2 aliphatic rings. The van der Waals surface area contributed by atoms with Crippen LogP contribution < -0.4 is 22.3 Å². The van der Waals surface area contributed by atoms with E-state index in [2.05, 4.69) is 11.4 Å². The standard InChI is InChI=1S/C21H19F6NO3.C20H18F7NO2.C6H4F.BrH.Mg/c1-13(15-9-16(20(22,23)24)11-17(10-15)21(25,26)27)31-19-18(29)28(7-8-30-19)12-14-5-3-2-4-6-14;1-11(13-8-14(19(22,23)24)10-15(9-13)20(25,26)27)30-18-17(28-6-7-29-18)12-2-4-16(21)5-3-12;7-6-4-2-1-3-5-6;;/h2-6,9-11,13,19H,7-8,12H2,1H3;2-5,8-11,17-18,28H,6-7H2,1H3;2-5H;1H;/q;;-1;;+2/p-1/t;11?,17-,18?;;;/m.0.../s1. The smallest absolute Gasteiger partial charge is 1.00 e. The molecular weight excluding hydrogens is 1040 g/mol. The predicted octanol–water partition coefficient (Wildman–Crippen LogP) is 9.06. The maximum absolute atomic E-state index is 13.2. The Morgan fingerprint density at radius 2 is 1.10 bits per heavy atom. The van der Waals surface area contributed by atoms with Crippen molar-refractivity contribution in [3.05, 3.63) is 177 Å². The van der Waals surface area contributed by atoms with Gasteiger partial charge in [-0.05, 0) is 84.6 Å². The first-order chi connectivity index (χ1) is 31.8.